The van der Waals surface area contributed by atoms with Gasteiger partial charge in [-0.25, -0.2) is 0 Å². The van der Waals surface area contributed by atoms with Gasteiger partial charge in [0.1, 0.15) is 5.75 Å². The molecule has 0 bridgehead atoms. The summed E-state index contributed by atoms with van der Waals surface area (Å²) in [6.45, 7) is 6.99. The lowest BCUT2D eigenvalue weighted by Gasteiger charge is -2.13. The summed E-state index contributed by atoms with van der Waals surface area (Å²) >= 11 is 1.71. The molecule has 1 heterocycles. The largest absolute Gasteiger partial charge is 0.508 e. The first-order valence-electron chi connectivity index (χ1n) is 9.21. The highest BCUT2D eigenvalue weighted by Gasteiger charge is 2.07. The van der Waals surface area contributed by atoms with Gasteiger partial charge in [-0.05, 0) is 53.9 Å². The van der Waals surface area contributed by atoms with E-state index in [0.29, 0.717) is 24.6 Å². The minimum absolute atomic E-state index is 0. The lowest BCUT2D eigenvalue weighted by atomic mass is 10.1. The van der Waals surface area contributed by atoms with Crippen LogP contribution in [0.1, 0.15) is 42.1 Å². The summed E-state index contributed by atoms with van der Waals surface area (Å²) < 4.78 is 0. The van der Waals surface area contributed by atoms with Crippen molar-refractivity contribution < 1.29 is 9.90 Å². The second-order valence-electron chi connectivity index (χ2n) is 6.26. The van der Waals surface area contributed by atoms with Crippen LogP contribution in [0, 0.1) is 0 Å². The number of halogens is 1. The number of carbonyl (C=O) groups excluding carboxylic acids is 1. The average molecular weight is 516 g/mol. The Morgan fingerprint density at radius 3 is 2.68 bits per heavy atom. The number of nitrogens with one attached hydrogen (secondary N) is 3. The predicted molar refractivity (Wildman–Crippen MR) is 127 cm³/mol. The van der Waals surface area contributed by atoms with Gasteiger partial charge in [0.2, 0.25) is 0 Å². The first kappa shape index (κ1) is 24.2. The highest BCUT2D eigenvalue weighted by molar-refractivity contribution is 14.0. The van der Waals surface area contributed by atoms with Gasteiger partial charge in [0, 0.05) is 37.7 Å². The number of thiophene rings is 1. The number of hydrogen-bond donors (Lipinski definition) is 4. The van der Waals surface area contributed by atoms with Crippen molar-refractivity contribution in [2.24, 2.45) is 4.99 Å². The number of amides is 1. The summed E-state index contributed by atoms with van der Waals surface area (Å²) in [6, 6.07) is 8.47. The van der Waals surface area contributed by atoms with Gasteiger partial charge in [-0.2, -0.15) is 11.3 Å². The third-order valence-corrected chi connectivity index (χ3v) is 4.72. The van der Waals surface area contributed by atoms with E-state index in [2.05, 4.69) is 44.7 Å². The third-order valence-electron chi connectivity index (χ3n) is 4.02. The van der Waals surface area contributed by atoms with Crippen LogP contribution >= 0.6 is 35.3 Å². The van der Waals surface area contributed by atoms with Crippen LogP contribution in [0.5, 0.6) is 5.75 Å². The fraction of sp³-hybridized carbons (Fsp3) is 0.400. The van der Waals surface area contributed by atoms with Crippen LogP contribution in [-0.2, 0) is 0 Å². The van der Waals surface area contributed by atoms with Crippen molar-refractivity contribution in [3.63, 3.8) is 0 Å². The summed E-state index contributed by atoms with van der Waals surface area (Å²) in [7, 11) is 0. The molecule has 0 radical (unpaired) electrons. The zero-order valence-corrected chi connectivity index (χ0v) is 19.4. The van der Waals surface area contributed by atoms with E-state index in [1.807, 2.05) is 6.92 Å². The fourth-order valence-corrected chi connectivity index (χ4v) is 3.26. The standard InChI is InChI=1S/C20H28N4O2S.HI/c1-3-21-20(24-13-15(2)17-8-11-27-14-17)23-10-5-9-22-19(26)16-6-4-7-18(25)12-16;/h4,6-8,11-12,14-15,25H,3,5,9-10,13H2,1-2H3,(H,22,26)(H2,21,23,24);1H. The summed E-state index contributed by atoms with van der Waals surface area (Å²) in [5.74, 6) is 1.08. The van der Waals surface area contributed by atoms with Crippen LogP contribution in [0.3, 0.4) is 0 Å². The molecule has 6 nitrogen and oxygen atoms in total. The predicted octanol–water partition coefficient (Wildman–Crippen LogP) is 3.55. The molecule has 1 atom stereocenters. The molecule has 8 heteroatoms. The Bertz CT molecular complexity index is 738. The average Bonchev–Trinajstić information content (AvgIpc) is 3.20. The van der Waals surface area contributed by atoms with Gasteiger partial charge in [-0.1, -0.05) is 13.0 Å². The van der Waals surface area contributed by atoms with E-state index in [0.717, 1.165) is 25.5 Å². The number of benzene rings is 1. The quantitative estimate of drug-likeness (QED) is 0.178. The van der Waals surface area contributed by atoms with Gasteiger partial charge < -0.3 is 21.1 Å². The molecular formula is C20H29IN4O2S. The number of guanidine groups is 1. The maximum Gasteiger partial charge on any atom is 0.251 e. The zero-order valence-electron chi connectivity index (χ0n) is 16.3. The normalized spacial score (nSPS) is 12.0. The van der Waals surface area contributed by atoms with Gasteiger partial charge in [0.15, 0.2) is 5.96 Å². The highest BCUT2D eigenvalue weighted by Crippen LogP contribution is 2.18. The molecule has 0 spiro atoms. The molecule has 1 aromatic heterocycles. The third kappa shape index (κ3) is 8.47. The topological polar surface area (TPSA) is 85.8 Å². The number of phenols is 1. The van der Waals surface area contributed by atoms with E-state index in [9.17, 15) is 9.90 Å². The molecule has 0 aliphatic rings. The first-order chi connectivity index (χ1) is 13.1. The molecule has 2 aromatic rings. The summed E-state index contributed by atoms with van der Waals surface area (Å²) in [5, 5.41) is 23.1. The lowest BCUT2D eigenvalue weighted by molar-refractivity contribution is 0.0953. The van der Waals surface area contributed by atoms with Gasteiger partial charge >= 0.3 is 0 Å². The van der Waals surface area contributed by atoms with Gasteiger partial charge in [-0.3, -0.25) is 9.79 Å². The van der Waals surface area contributed by atoms with E-state index in [4.69, 9.17) is 0 Å². The van der Waals surface area contributed by atoms with Crippen molar-refractivity contribution in [1.29, 1.82) is 0 Å². The van der Waals surface area contributed by atoms with E-state index in [1.165, 1.54) is 11.6 Å². The molecule has 0 saturated heterocycles. The number of rotatable bonds is 9. The summed E-state index contributed by atoms with van der Waals surface area (Å²) in [6.07, 6.45) is 0.773. The molecule has 0 saturated carbocycles. The van der Waals surface area contributed by atoms with Crippen molar-refractivity contribution in [2.45, 2.75) is 26.2 Å². The second-order valence-corrected chi connectivity index (χ2v) is 7.04. The Morgan fingerprint density at radius 1 is 1.21 bits per heavy atom. The van der Waals surface area contributed by atoms with Gasteiger partial charge in [-0.15, -0.1) is 24.0 Å². The Balaban J connectivity index is 0.00000392. The molecule has 2 rings (SSSR count). The van der Waals surface area contributed by atoms with Crippen molar-refractivity contribution in [3.8, 4) is 5.75 Å². The molecule has 1 unspecified atom stereocenters. The van der Waals surface area contributed by atoms with Crippen LogP contribution in [0.25, 0.3) is 0 Å². The SMILES string of the molecule is CCNC(=NCC(C)c1ccsc1)NCCCNC(=O)c1cccc(O)c1.I. The molecule has 28 heavy (non-hydrogen) atoms. The number of aliphatic imine (C=N–C) groups is 1. The Labute approximate surface area is 187 Å². The van der Waals surface area contributed by atoms with E-state index >= 15 is 0 Å². The minimum atomic E-state index is -0.184. The van der Waals surface area contributed by atoms with Crippen molar-refractivity contribution in [1.82, 2.24) is 16.0 Å². The number of aromatic hydroxyl groups is 1. The molecule has 154 valence electrons. The zero-order chi connectivity index (χ0) is 19.5. The Kier molecular flexibility index (Phi) is 11.6. The number of phenolic OH excluding ortho intramolecular Hbond substituents is 1. The molecule has 4 N–H and O–H groups in total. The van der Waals surface area contributed by atoms with Gasteiger partial charge in [0.05, 0.1) is 0 Å². The maximum atomic E-state index is 12.0. The second kappa shape index (κ2) is 13.4. The van der Waals surface area contributed by atoms with Crippen LogP contribution in [0.4, 0.5) is 0 Å². The molecule has 0 aliphatic heterocycles. The van der Waals surface area contributed by atoms with Crippen molar-refractivity contribution in [2.75, 3.05) is 26.2 Å². The summed E-state index contributed by atoms with van der Waals surface area (Å²) in [5.41, 5.74) is 1.77. The van der Waals surface area contributed by atoms with Crippen molar-refractivity contribution in [3.05, 3.63) is 52.2 Å². The van der Waals surface area contributed by atoms with Crippen LogP contribution < -0.4 is 16.0 Å². The number of carbonyl (C=O) groups is 1. The van der Waals surface area contributed by atoms with Crippen LogP contribution in [-0.4, -0.2) is 43.2 Å². The smallest absolute Gasteiger partial charge is 0.251 e. The fourth-order valence-electron chi connectivity index (χ4n) is 2.48. The van der Waals surface area contributed by atoms with Crippen LogP contribution in [0.15, 0.2) is 46.1 Å². The Hall–Kier alpha value is -1.81. The molecule has 0 aliphatic carbocycles. The number of hydrogen-bond acceptors (Lipinski definition) is 4. The Morgan fingerprint density at radius 2 is 2.00 bits per heavy atom. The maximum absolute atomic E-state index is 12.0. The molecule has 1 amide bonds. The lowest BCUT2D eigenvalue weighted by Crippen LogP contribution is -2.39. The molecule has 0 fully saturated rings. The number of nitrogens with zero attached hydrogens (tertiary/aromatic N) is 1. The first-order valence-corrected chi connectivity index (χ1v) is 10.2. The monoisotopic (exact) mass is 516 g/mol. The van der Waals surface area contributed by atoms with Crippen LogP contribution in [0.2, 0.25) is 0 Å². The summed E-state index contributed by atoms with van der Waals surface area (Å²) in [4.78, 5) is 16.7. The van der Waals surface area contributed by atoms with Crippen molar-refractivity contribution >= 4 is 47.2 Å². The highest BCUT2D eigenvalue weighted by atomic mass is 127. The molecular weight excluding hydrogens is 487 g/mol. The minimum Gasteiger partial charge on any atom is -0.508 e. The van der Waals surface area contributed by atoms with E-state index in [1.54, 1.807) is 29.5 Å². The van der Waals surface area contributed by atoms with E-state index in [-0.39, 0.29) is 35.6 Å². The van der Waals surface area contributed by atoms with E-state index < -0.39 is 0 Å². The van der Waals surface area contributed by atoms with Gasteiger partial charge in [0.25, 0.3) is 5.91 Å². The molecule has 1 aromatic carbocycles.